The highest BCUT2D eigenvalue weighted by atomic mass is 35.5. The Morgan fingerprint density at radius 1 is 0.923 bits per heavy atom. The second kappa shape index (κ2) is 7.51. The van der Waals surface area contributed by atoms with Crippen molar-refractivity contribution in [2.45, 2.75) is 12.6 Å². The summed E-state index contributed by atoms with van der Waals surface area (Å²) in [6, 6.07) is 11.9. The number of nitrogens with one attached hydrogen (secondary N) is 1. The highest BCUT2D eigenvalue weighted by molar-refractivity contribution is 6.42. The molecule has 3 nitrogen and oxygen atoms in total. The number of aromatic nitrogens is 2. The maximum atomic E-state index is 12.8. The minimum absolute atomic E-state index is 0.291. The van der Waals surface area contributed by atoms with Gasteiger partial charge >= 0.3 is 6.18 Å². The van der Waals surface area contributed by atoms with E-state index in [4.69, 9.17) is 23.2 Å². The fraction of sp³-hybridized carbons (Fsp3) is 0.111. The molecule has 0 aliphatic heterocycles. The second-order valence-corrected chi connectivity index (χ2v) is 6.34. The highest BCUT2D eigenvalue weighted by Crippen LogP contribution is 2.31. The average molecular weight is 398 g/mol. The van der Waals surface area contributed by atoms with E-state index in [2.05, 4.69) is 15.3 Å². The number of hydrogen-bond acceptors (Lipinski definition) is 3. The molecule has 0 saturated carbocycles. The van der Waals surface area contributed by atoms with E-state index >= 15 is 0 Å². The summed E-state index contributed by atoms with van der Waals surface area (Å²) in [6.07, 6.45) is -2.57. The van der Waals surface area contributed by atoms with Crippen LogP contribution in [0, 0.1) is 0 Å². The minimum Gasteiger partial charge on any atom is -0.340 e. The Labute approximate surface area is 157 Å². The summed E-state index contributed by atoms with van der Waals surface area (Å²) in [5.74, 6) is 0.398. The molecule has 0 radical (unpaired) electrons. The van der Waals surface area contributed by atoms with Crippen LogP contribution in [0.1, 0.15) is 16.8 Å². The maximum Gasteiger partial charge on any atom is 0.416 e. The zero-order valence-electron chi connectivity index (χ0n) is 13.2. The maximum absolute atomic E-state index is 12.8. The zero-order chi connectivity index (χ0) is 18.7. The lowest BCUT2D eigenvalue weighted by Gasteiger charge is -2.11. The van der Waals surface area contributed by atoms with Gasteiger partial charge in [-0.15, -0.1) is 0 Å². The van der Waals surface area contributed by atoms with Gasteiger partial charge in [-0.2, -0.15) is 13.2 Å². The van der Waals surface area contributed by atoms with E-state index in [-0.39, 0.29) is 0 Å². The average Bonchev–Trinajstić information content (AvgIpc) is 2.58. The summed E-state index contributed by atoms with van der Waals surface area (Å²) in [7, 11) is 0. The van der Waals surface area contributed by atoms with Crippen LogP contribution in [0.15, 0.2) is 54.9 Å². The number of halogens is 5. The van der Waals surface area contributed by atoms with Gasteiger partial charge in [0, 0.05) is 18.2 Å². The van der Waals surface area contributed by atoms with Crippen LogP contribution in [0.2, 0.25) is 10.0 Å². The van der Waals surface area contributed by atoms with Crippen LogP contribution in [-0.4, -0.2) is 9.97 Å². The predicted octanol–water partition coefficient (Wildman–Crippen LogP) is 6.14. The summed E-state index contributed by atoms with van der Waals surface area (Å²) in [6.45, 7) is 0. The number of anilines is 2. The molecule has 3 aromatic rings. The van der Waals surface area contributed by atoms with Crippen molar-refractivity contribution in [3.05, 3.63) is 81.7 Å². The fourth-order valence-corrected chi connectivity index (χ4v) is 2.66. The quantitative estimate of drug-likeness (QED) is 0.574. The van der Waals surface area contributed by atoms with E-state index in [9.17, 15) is 13.2 Å². The molecule has 0 unspecified atom stereocenters. The molecule has 0 saturated heterocycles. The van der Waals surface area contributed by atoms with Crippen LogP contribution in [0.4, 0.5) is 24.7 Å². The van der Waals surface area contributed by atoms with Crippen LogP contribution in [0.25, 0.3) is 0 Å². The number of hydrogen-bond donors (Lipinski definition) is 1. The minimum atomic E-state index is -4.40. The van der Waals surface area contributed by atoms with E-state index in [1.165, 1.54) is 18.5 Å². The third kappa shape index (κ3) is 4.65. The molecule has 0 aliphatic carbocycles. The van der Waals surface area contributed by atoms with Crippen molar-refractivity contribution >= 4 is 34.7 Å². The van der Waals surface area contributed by atoms with Crippen molar-refractivity contribution < 1.29 is 13.2 Å². The Morgan fingerprint density at radius 3 is 2.46 bits per heavy atom. The highest BCUT2D eigenvalue weighted by Gasteiger charge is 2.30. The van der Waals surface area contributed by atoms with E-state index in [1.54, 1.807) is 18.2 Å². The van der Waals surface area contributed by atoms with Gasteiger partial charge in [0.05, 0.1) is 21.3 Å². The molecule has 0 aliphatic rings. The first-order chi connectivity index (χ1) is 12.3. The lowest BCUT2D eigenvalue weighted by molar-refractivity contribution is -0.137. The largest absolute Gasteiger partial charge is 0.416 e. The van der Waals surface area contributed by atoms with E-state index < -0.39 is 11.7 Å². The molecule has 2 aromatic carbocycles. The van der Waals surface area contributed by atoms with E-state index in [0.29, 0.717) is 33.7 Å². The van der Waals surface area contributed by atoms with Crippen LogP contribution in [0.5, 0.6) is 0 Å². The Morgan fingerprint density at radius 2 is 1.73 bits per heavy atom. The van der Waals surface area contributed by atoms with Gasteiger partial charge < -0.3 is 5.32 Å². The summed E-state index contributed by atoms with van der Waals surface area (Å²) >= 11 is 11.9. The van der Waals surface area contributed by atoms with Gasteiger partial charge in [0.15, 0.2) is 0 Å². The van der Waals surface area contributed by atoms with Crippen molar-refractivity contribution in [3.63, 3.8) is 0 Å². The Bertz CT molecular complexity index is 930. The molecule has 134 valence electrons. The molecule has 3 rings (SSSR count). The van der Waals surface area contributed by atoms with Gasteiger partial charge in [0.1, 0.15) is 12.1 Å². The predicted molar refractivity (Wildman–Crippen MR) is 96.0 cm³/mol. The van der Waals surface area contributed by atoms with Gasteiger partial charge in [-0.1, -0.05) is 35.3 Å². The molecule has 0 atom stereocenters. The molecule has 0 fully saturated rings. The van der Waals surface area contributed by atoms with Crippen molar-refractivity contribution in [1.29, 1.82) is 0 Å². The normalized spacial score (nSPS) is 11.4. The molecular formula is C18H12Cl2F3N3. The Hall–Kier alpha value is -2.31. The lowest BCUT2D eigenvalue weighted by atomic mass is 10.1. The molecule has 0 bridgehead atoms. The molecule has 1 aromatic heterocycles. The monoisotopic (exact) mass is 397 g/mol. The van der Waals surface area contributed by atoms with Crippen LogP contribution >= 0.6 is 23.2 Å². The lowest BCUT2D eigenvalue weighted by Crippen LogP contribution is -2.05. The molecule has 0 spiro atoms. The summed E-state index contributed by atoms with van der Waals surface area (Å²) in [5.41, 5.74) is 1.16. The third-order valence-electron chi connectivity index (χ3n) is 3.56. The van der Waals surface area contributed by atoms with Crippen LogP contribution in [-0.2, 0) is 12.6 Å². The molecule has 26 heavy (non-hydrogen) atoms. The Kier molecular flexibility index (Phi) is 5.34. The molecular weight excluding hydrogens is 386 g/mol. The number of nitrogens with zero attached hydrogens (tertiary/aromatic N) is 2. The SMILES string of the molecule is FC(F)(F)c1cccc(Nc2cc(Cc3ccc(Cl)c(Cl)c3)ncn2)c1. The number of rotatable bonds is 4. The smallest absolute Gasteiger partial charge is 0.340 e. The Balaban J connectivity index is 1.78. The second-order valence-electron chi connectivity index (χ2n) is 5.52. The van der Waals surface area contributed by atoms with Crippen molar-refractivity contribution in [2.24, 2.45) is 0 Å². The molecule has 0 amide bonds. The van der Waals surface area contributed by atoms with Crippen molar-refractivity contribution in [2.75, 3.05) is 5.32 Å². The van der Waals surface area contributed by atoms with Gasteiger partial charge in [-0.05, 0) is 35.9 Å². The number of alkyl halides is 3. The third-order valence-corrected chi connectivity index (χ3v) is 4.29. The standard InChI is InChI=1S/C18H12Cl2F3N3/c19-15-5-4-11(7-16(15)20)6-14-9-17(25-10-24-14)26-13-3-1-2-12(8-13)18(21,22)23/h1-5,7-10H,6H2,(H,24,25,26). The first-order valence-electron chi connectivity index (χ1n) is 7.50. The van der Waals surface area contributed by atoms with Gasteiger partial charge in [-0.3, -0.25) is 0 Å². The van der Waals surface area contributed by atoms with Crippen molar-refractivity contribution in [3.8, 4) is 0 Å². The first kappa shape index (κ1) is 18.5. The van der Waals surface area contributed by atoms with Crippen molar-refractivity contribution in [1.82, 2.24) is 9.97 Å². The molecule has 8 heteroatoms. The first-order valence-corrected chi connectivity index (χ1v) is 8.26. The fourth-order valence-electron chi connectivity index (χ4n) is 2.34. The van der Waals surface area contributed by atoms with Crippen LogP contribution in [0.3, 0.4) is 0 Å². The number of benzene rings is 2. The van der Waals surface area contributed by atoms with E-state index in [0.717, 1.165) is 17.7 Å². The zero-order valence-corrected chi connectivity index (χ0v) is 14.7. The van der Waals surface area contributed by atoms with Gasteiger partial charge in [0.2, 0.25) is 0 Å². The summed E-state index contributed by atoms with van der Waals surface area (Å²) in [5, 5.41) is 3.77. The van der Waals surface area contributed by atoms with Crippen LogP contribution < -0.4 is 5.32 Å². The van der Waals surface area contributed by atoms with E-state index in [1.807, 2.05) is 6.07 Å². The van der Waals surface area contributed by atoms with Gasteiger partial charge in [0.25, 0.3) is 0 Å². The molecule has 1 heterocycles. The summed E-state index contributed by atoms with van der Waals surface area (Å²) < 4.78 is 38.4. The van der Waals surface area contributed by atoms with Gasteiger partial charge in [-0.25, -0.2) is 9.97 Å². The topological polar surface area (TPSA) is 37.8 Å². The summed E-state index contributed by atoms with van der Waals surface area (Å²) in [4.78, 5) is 8.23. The molecule has 1 N–H and O–H groups in total.